The van der Waals surface area contributed by atoms with Crippen molar-refractivity contribution in [3.05, 3.63) is 35.4 Å². The molecule has 1 aliphatic rings. The first-order chi connectivity index (χ1) is 8.07. The Morgan fingerprint density at radius 3 is 2.59 bits per heavy atom. The lowest BCUT2D eigenvalue weighted by atomic mass is 9.83. The smallest absolute Gasteiger partial charge is 0.129 e. The van der Waals surface area contributed by atoms with Gasteiger partial charge in [-0.15, -0.1) is 0 Å². The molecular weight excluding hydrogens is 222 g/mol. The lowest BCUT2D eigenvalue weighted by molar-refractivity contribution is 0.0000163. The van der Waals surface area contributed by atoms with Crippen LogP contribution < -0.4 is 0 Å². The average molecular weight is 240 g/mol. The largest absolute Gasteiger partial charge is 0.389 e. The zero-order valence-corrected chi connectivity index (χ0v) is 10.0. The molecule has 0 aromatic heterocycles. The first kappa shape index (κ1) is 12.5. The highest BCUT2D eigenvalue weighted by atomic mass is 19.1. The zero-order chi connectivity index (χ0) is 12.5. The summed E-state index contributed by atoms with van der Waals surface area (Å²) < 4.78 is 27.1. The van der Waals surface area contributed by atoms with Gasteiger partial charge >= 0.3 is 0 Å². The number of aliphatic hydroxyl groups is 1. The average Bonchev–Trinajstić information content (AvgIpc) is 2.65. The van der Waals surface area contributed by atoms with Gasteiger partial charge in [0.05, 0.1) is 5.60 Å². The topological polar surface area (TPSA) is 20.2 Å². The van der Waals surface area contributed by atoms with E-state index in [0.717, 1.165) is 19.3 Å². The highest BCUT2D eigenvalue weighted by Gasteiger charge is 2.40. The van der Waals surface area contributed by atoms with E-state index >= 15 is 0 Å². The molecule has 17 heavy (non-hydrogen) atoms. The van der Waals surface area contributed by atoms with E-state index in [-0.39, 0.29) is 17.9 Å². The molecule has 1 fully saturated rings. The highest BCUT2D eigenvalue weighted by molar-refractivity contribution is 5.22. The van der Waals surface area contributed by atoms with E-state index in [1.54, 1.807) is 0 Å². The fraction of sp³-hybridized carbons (Fsp3) is 0.571. The van der Waals surface area contributed by atoms with Gasteiger partial charge in [0, 0.05) is 12.0 Å². The van der Waals surface area contributed by atoms with Crippen molar-refractivity contribution in [3.8, 4) is 0 Å². The van der Waals surface area contributed by atoms with Crippen LogP contribution in [0.15, 0.2) is 18.2 Å². The fourth-order valence-corrected chi connectivity index (χ4v) is 2.95. The summed E-state index contributed by atoms with van der Waals surface area (Å²) in [6, 6.07) is 3.85. The van der Waals surface area contributed by atoms with Crippen LogP contribution in [0.1, 0.15) is 38.2 Å². The number of benzene rings is 1. The lowest BCUT2D eigenvalue weighted by Gasteiger charge is -2.30. The van der Waals surface area contributed by atoms with E-state index in [1.165, 1.54) is 18.2 Å². The maximum Gasteiger partial charge on any atom is 0.129 e. The van der Waals surface area contributed by atoms with Crippen LogP contribution in [-0.4, -0.2) is 10.7 Å². The molecule has 94 valence electrons. The SMILES string of the molecule is CCC1CCCC1(O)Cc1c(F)cccc1F. The molecule has 0 saturated heterocycles. The summed E-state index contributed by atoms with van der Waals surface area (Å²) in [5.74, 6) is -0.957. The van der Waals surface area contributed by atoms with Gasteiger partial charge in [-0.05, 0) is 30.9 Å². The first-order valence-corrected chi connectivity index (χ1v) is 6.22. The van der Waals surface area contributed by atoms with Crippen molar-refractivity contribution in [2.75, 3.05) is 0 Å². The summed E-state index contributed by atoms with van der Waals surface area (Å²) >= 11 is 0. The van der Waals surface area contributed by atoms with E-state index in [0.29, 0.717) is 6.42 Å². The van der Waals surface area contributed by atoms with Gasteiger partial charge in [-0.1, -0.05) is 25.8 Å². The summed E-state index contributed by atoms with van der Waals surface area (Å²) in [5.41, 5.74) is -0.909. The molecule has 0 spiro atoms. The molecule has 0 amide bonds. The van der Waals surface area contributed by atoms with Crippen molar-refractivity contribution < 1.29 is 13.9 Å². The predicted octanol–water partition coefficient (Wildman–Crippen LogP) is 3.45. The molecule has 2 rings (SSSR count). The predicted molar refractivity (Wildman–Crippen MR) is 62.6 cm³/mol. The van der Waals surface area contributed by atoms with E-state index < -0.39 is 17.2 Å². The molecular formula is C14H18F2O. The lowest BCUT2D eigenvalue weighted by Crippen LogP contribution is -2.36. The number of rotatable bonds is 3. The summed E-state index contributed by atoms with van der Waals surface area (Å²) in [5, 5.41) is 10.5. The second-order valence-corrected chi connectivity index (χ2v) is 4.98. The molecule has 1 aromatic rings. The van der Waals surface area contributed by atoms with Crippen LogP contribution in [0.25, 0.3) is 0 Å². The van der Waals surface area contributed by atoms with Crippen molar-refractivity contribution in [3.63, 3.8) is 0 Å². The van der Waals surface area contributed by atoms with Crippen LogP contribution >= 0.6 is 0 Å². The Bertz CT molecular complexity index is 385. The third-order valence-corrected chi connectivity index (χ3v) is 3.96. The van der Waals surface area contributed by atoms with Crippen molar-refractivity contribution in [1.82, 2.24) is 0 Å². The minimum atomic E-state index is -0.933. The summed E-state index contributed by atoms with van der Waals surface area (Å²) in [4.78, 5) is 0. The summed E-state index contributed by atoms with van der Waals surface area (Å²) in [6.45, 7) is 2.01. The first-order valence-electron chi connectivity index (χ1n) is 6.22. The molecule has 2 atom stereocenters. The third-order valence-electron chi connectivity index (χ3n) is 3.96. The van der Waals surface area contributed by atoms with Crippen molar-refractivity contribution in [2.24, 2.45) is 5.92 Å². The zero-order valence-electron chi connectivity index (χ0n) is 10.0. The number of halogens is 2. The van der Waals surface area contributed by atoms with Crippen LogP contribution in [0.5, 0.6) is 0 Å². The molecule has 1 aromatic carbocycles. The molecule has 0 heterocycles. The Labute approximate surface area is 100 Å². The van der Waals surface area contributed by atoms with Crippen LogP contribution in [0.3, 0.4) is 0 Å². The van der Waals surface area contributed by atoms with E-state index in [9.17, 15) is 13.9 Å². The molecule has 0 radical (unpaired) electrons. The van der Waals surface area contributed by atoms with Crippen LogP contribution in [0.2, 0.25) is 0 Å². The Morgan fingerprint density at radius 2 is 2.00 bits per heavy atom. The van der Waals surface area contributed by atoms with E-state index in [1.807, 2.05) is 6.92 Å². The molecule has 1 saturated carbocycles. The fourth-order valence-electron chi connectivity index (χ4n) is 2.95. The number of hydrogen-bond acceptors (Lipinski definition) is 1. The summed E-state index contributed by atoms with van der Waals surface area (Å²) in [7, 11) is 0. The van der Waals surface area contributed by atoms with E-state index in [2.05, 4.69) is 0 Å². The highest BCUT2D eigenvalue weighted by Crippen LogP contribution is 2.40. The monoisotopic (exact) mass is 240 g/mol. The van der Waals surface area contributed by atoms with Gasteiger partial charge in [0.25, 0.3) is 0 Å². The Hall–Kier alpha value is -0.960. The Kier molecular flexibility index (Phi) is 3.48. The minimum Gasteiger partial charge on any atom is -0.389 e. The molecule has 1 N–H and O–H groups in total. The molecule has 3 heteroatoms. The second-order valence-electron chi connectivity index (χ2n) is 4.98. The van der Waals surface area contributed by atoms with Gasteiger partial charge in [-0.2, -0.15) is 0 Å². The van der Waals surface area contributed by atoms with E-state index in [4.69, 9.17) is 0 Å². The number of hydrogen-bond donors (Lipinski definition) is 1. The Morgan fingerprint density at radius 1 is 1.35 bits per heavy atom. The molecule has 1 aliphatic carbocycles. The Balaban J connectivity index is 2.25. The van der Waals surface area contributed by atoms with Gasteiger partial charge in [-0.25, -0.2) is 8.78 Å². The molecule has 0 aliphatic heterocycles. The standard InChI is InChI=1S/C14H18F2O/c1-2-10-5-4-8-14(10,17)9-11-12(15)6-3-7-13(11)16/h3,6-7,10,17H,2,4-5,8-9H2,1H3. The maximum atomic E-state index is 13.6. The second kappa shape index (κ2) is 4.73. The normalized spacial score (nSPS) is 28.6. The van der Waals surface area contributed by atoms with Gasteiger partial charge in [0.2, 0.25) is 0 Å². The van der Waals surface area contributed by atoms with Crippen molar-refractivity contribution in [2.45, 2.75) is 44.6 Å². The molecule has 2 unspecified atom stereocenters. The quantitative estimate of drug-likeness (QED) is 0.858. The van der Waals surface area contributed by atoms with Gasteiger partial charge in [-0.3, -0.25) is 0 Å². The molecule has 0 bridgehead atoms. The molecule has 1 nitrogen and oxygen atoms in total. The van der Waals surface area contributed by atoms with Gasteiger partial charge in [0.15, 0.2) is 0 Å². The van der Waals surface area contributed by atoms with Gasteiger partial charge < -0.3 is 5.11 Å². The van der Waals surface area contributed by atoms with Crippen LogP contribution in [0.4, 0.5) is 8.78 Å². The maximum absolute atomic E-state index is 13.6. The van der Waals surface area contributed by atoms with Crippen LogP contribution in [0, 0.1) is 17.6 Å². The summed E-state index contributed by atoms with van der Waals surface area (Å²) in [6.07, 6.45) is 3.46. The van der Waals surface area contributed by atoms with Gasteiger partial charge in [0.1, 0.15) is 11.6 Å². The third kappa shape index (κ3) is 2.34. The van der Waals surface area contributed by atoms with Crippen LogP contribution in [-0.2, 0) is 6.42 Å². The minimum absolute atomic E-state index is 0.0235. The van der Waals surface area contributed by atoms with Crippen molar-refractivity contribution >= 4 is 0 Å². The van der Waals surface area contributed by atoms with Crippen molar-refractivity contribution in [1.29, 1.82) is 0 Å².